The number of hydrogen-bond donors (Lipinski definition) is 0. The lowest BCUT2D eigenvalue weighted by atomic mass is 10.1. The minimum atomic E-state index is -0.780. The Bertz CT molecular complexity index is 1400. The van der Waals surface area contributed by atoms with Gasteiger partial charge in [-0.3, -0.25) is 14.4 Å². The van der Waals surface area contributed by atoms with Crippen LogP contribution in [0.4, 0.5) is 0 Å². The van der Waals surface area contributed by atoms with Crippen LogP contribution in [0.3, 0.4) is 0 Å². The fourth-order valence-corrected chi connectivity index (χ4v) is 8.74. The normalized spacial score (nSPS) is 12.6. The number of carbonyl (C=O) groups excluding carboxylic acids is 3. The van der Waals surface area contributed by atoms with Crippen molar-refractivity contribution in [3.63, 3.8) is 0 Å². The van der Waals surface area contributed by atoms with E-state index in [0.717, 1.165) is 103 Å². The summed E-state index contributed by atoms with van der Waals surface area (Å²) in [6.07, 6.45) is 80.2. The second kappa shape index (κ2) is 61.1. The summed E-state index contributed by atoms with van der Waals surface area (Å²) < 4.78 is 16.9. The van der Waals surface area contributed by atoms with Crippen molar-refractivity contribution in [2.45, 2.75) is 309 Å². The van der Waals surface area contributed by atoms with Gasteiger partial charge in [-0.25, -0.2) is 0 Å². The number of esters is 3. The van der Waals surface area contributed by atoms with Gasteiger partial charge >= 0.3 is 17.9 Å². The minimum absolute atomic E-state index is 0.0778. The zero-order chi connectivity index (χ0) is 52.9. The number of allylic oxidation sites excluding steroid dienone is 14. The standard InChI is InChI=1S/C67H116O6/c1-4-7-10-13-16-19-21-23-25-27-29-31-32-33-34-36-37-39-41-43-45-48-51-54-57-60-66(69)72-63-64(62-71-65(68)59-56-53-50-47-18-15-12-9-6-3)73-67(70)61-58-55-52-49-46-44-42-40-38-35-30-28-26-24-22-20-17-14-11-8-5-2/h7,10,16,19,22-25,28-31,33-34,64H,4-6,8-9,11-15,17-18,20-21,26-27,32,35-63H2,1-3H3/b10-7-,19-16-,24-22-,25-23-,30-28-,31-29-,34-33-. The third-order valence-corrected chi connectivity index (χ3v) is 13.4. The monoisotopic (exact) mass is 1020 g/mol. The third-order valence-electron chi connectivity index (χ3n) is 13.4. The van der Waals surface area contributed by atoms with Crippen LogP contribution in [0.15, 0.2) is 85.1 Å². The molecule has 0 N–H and O–H groups in total. The Kier molecular flexibility index (Phi) is 58.3. The molecule has 0 saturated carbocycles. The molecule has 0 aromatic rings. The molecule has 0 rings (SSSR count). The van der Waals surface area contributed by atoms with E-state index in [0.29, 0.717) is 19.3 Å². The molecule has 0 aromatic carbocycles. The van der Waals surface area contributed by atoms with E-state index in [4.69, 9.17) is 14.2 Å². The van der Waals surface area contributed by atoms with Crippen molar-refractivity contribution in [1.29, 1.82) is 0 Å². The van der Waals surface area contributed by atoms with E-state index in [-0.39, 0.29) is 31.1 Å². The number of unbranched alkanes of at least 4 members (excludes halogenated alkanes) is 31. The smallest absolute Gasteiger partial charge is 0.306 e. The summed E-state index contributed by atoms with van der Waals surface area (Å²) in [7, 11) is 0. The maximum absolute atomic E-state index is 12.9. The van der Waals surface area contributed by atoms with Crippen LogP contribution in [0.25, 0.3) is 0 Å². The zero-order valence-electron chi connectivity index (χ0n) is 48.1. The molecule has 6 heteroatoms. The van der Waals surface area contributed by atoms with E-state index in [1.807, 2.05) is 0 Å². The highest BCUT2D eigenvalue weighted by Crippen LogP contribution is 2.16. The largest absolute Gasteiger partial charge is 0.462 e. The van der Waals surface area contributed by atoms with E-state index >= 15 is 0 Å². The Labute approximate surface area is 452 Å². The molecular weight excluding hydrogens is 901 g/mol. The Hall–Kier alpha value is -3.41. The van der Waals surface area contributed by atoms with E-state index < -0.39 is 6.10 Å². The van der Waals surface area contributed by atoms with Gasteiger partial charge in [-0.15, -0.1) is 0 Å². The lowest BCUT2D eigenvalue weighted by Gasteiger charge is -2.18. The SMILES string of the molecule is CC/C=C\C/C=C\C/C=C\C/C=C\C/C=C\CCCCCCCCCCCC(=O)OCC(COC(=O)CCCCCCCCCCC)OC(=O)CCCCCCCCCCC/C=C\C/C=C\CCCCCCC. The molecule has 0 bridgehead atoms. The summed E-state index contributed by atoms with van der Waals surface area (Å²) >= 11 is 0. The topological polar surface area (TPSA) is 78.9 Å². The van der Waals surface area contributed by atoms with Gasteiger partial charge in [-0.2, -0.15) is 0 Å². The van der Waals surface area contributed by atoms with Gasteiger partial charge in [0.15, 0.2) is 6.10 Å². The van der Waals surface area contributed by atoms with E-state index in [9.17, 15) is 14.4 Å². The van der Waals surface area contributed by atoms with Crippen LogP contribution < -0.4 is 0 Å². The molecule has 0 aliphatic heterocycles. The quantitative estimate of drug-likeness (QED) is 0.0261. The molecular formula is C67H116O6. The average molecular weight is 1020 g/mol. The second-order valence-corrected chi connectivity index (χ2v) is 20.6. The number of ether oxygens (including phenoxy) is 3. The van der Waals surface area contributed by atoms with Crippen molar-refractivity contribution < 1.29 is 28.6 Å². The summed E-state index contributed by atoms with van der Waals surface area (Å²) in [5.41, 5.74) is 0. The van der Waals surface area contributed by atoms with Gasteiger partial charge in [-0.05, 0) is 96.3 Å². The molecule has 0 heterocycles. The minimum Gasteiger partial charge on any atom is -0.462 e. The molecule has 1 unspecified atom stereocenters. The Morgan fingerprint density at radius 1 is 0.288 bits per heavy atom. The fraction of sp³-hybridized carbons (Fsp3) is 0.746. The first-order valence-corrected chi connectivity index (χ1v) is 31.1. The third kappa shape index (κ3) is 59.3. The first-order chi connectivity index (χ1) is 36.0. The van der Waals surface area contributed by atoms with E-state index in [1.54, 1.807) is 0 Å². The van der Waals surface area contributed by atoms with Crippen LogP contribution in [0.5, 0.6) is 0 Å². The van der Waals surface area contributed by atoms with Gasteiger partial charge in [0, 0.05) is 19.3 Å². The van der Waals surface area contributed by atoms with Gasteiger partial charge in [0.1, 0.15) is 13.2 Å². The van der Waals surface area contributed by atoms with Gasteiger partial charge in [0.25, 0.3) is 0 Å². The lowest BCUT2D eigenvalue weighted by Crippen LogP contribution is -2.30. The first kappa shape index (κ1) is 69.6. The Morgan fingerprint density at radius 2 is 0.534 bits per heavy atom. The van der Waals surface area contributed by atoms with Gasteiger partial charge in [-0.1, -0.05) is 273 Å². The molecule has 0 saturated heterocycles. The van der Waals surface area contributed by atoms with Gasteiger partial charge in [0.2, 0.25) is 0 Å². The summed E-state index contributed by atoms with van der Waals surface area (Å²) in [4.78, 5) is 38.2. The summed E-state index contributed by atoms with van der Waals surface area (Å²) in [6.45, 7) is 6.51. The Balaban J connectivity index is 4.25. The molecule has 0 amide bonds. The predicted molar refractivity (Wildman–Crippen MR) is 316 cm³/mol. The maximum atomic E-state index is 12.9. The summed E-state index contributed by atoms with van der Waals surface area (Å²) in [5.74, 6) is -0.881. The fourth-order valence-electron chi connectivity index (χ4n) is 8.74. The highest BCUT2D eigenvalue weighted by molar-refractivity contribution is 5.71. The average Bonchev–Trinajstić information content (AvgIpc) is 3.39. The molecule has 420 valence electrons. The first-order valence-electron chi connectivity index (χ1n) is 31.1. The zero-order valence-corrected chi connectivity index (χ0v) is 48.1. The number of rotatable bonds is 56. The van der Waals surface area contributed by atoms with E-state index in [2.05, 4.69) is 106 Å². The molecule has 6 nitrogen and oxygen atoms in total. The van der Waals surface area contributed by atoms with Crippen LogP contribution in [-0.4, -0.2) is 37.2 Å². The molecule has 73 heavy (non-hydrogen) atoms. The van der Waals surface area contributed by atoms with Crippen LogP contribution in [0.1, 0.15) is 303 Å². The van der Waals surface area contributed by atoms with Crippen LogP contribution in [-0.2, 0) is 28.6 Å². The van der Waals surface area contributed by atoms with Gasteiger partial charge < -0.3 is 14.2 Å². The molecule has 0 aliphatic carbocycles. The number of hydrogen-bond acceptors (Lipinski definition) is 6. The van der Waals surface area contributed by atoms with Crippen LogP contribution in [0, 0.1) is 0 Å². The highest BCUT2D eigenvalue weighted by Gasteiger charge is 2.19. The van der Waals surface area contributed by atoms with Crippen molar-refractivity contribution in [1.82, 2.24) is 0 Å². The number of carbonyl (C=O) groups is 3. The van der Waals surface area contributed by atoms with E-state index in [1.165, 1.54) is 161 Å². The molecule has 0 aliphatic rings. The molecule has 1 atom stereocenters. The molecule has 0 fully saturated rings. The maximum Gasteiger partial charge on any atom is 0.306 e. The molecule has 0 radical (unpaired) electrons. The molecule has 0 aromatic heterocycles. The second-order valence-electron chi connectivity index (χ2n) is 20.6. The van der Waals surface area contributed by atoms with Crippen molar-refractivity contribution in [2.24, 2.45) is 0 Å². The van der Waals surface area contributed by atoms with Gasteiger partial charge in [0.05, 0.1) is 0 Å². The Morgan fingerprint density at radius 3 is 0.836 bits per heavy atom. The van der Waals surface area contributed by atoms with Crippen molar-refractivity contribution in [3.8, 4) is 0 Å². The lowest BCUT2D eigenvalue weighted by molar-refractivity contribution is -0.167. The predicted octanol–water partition coefficient (Wildman–Crippen LogP) is 21.1. The summed E-state index contributed by atoms with van der Waals surface area (Å²) in [5, 5.41) is 0. The summed E-state index contributed by atoms with van der Waals surface area (Å²) in [6, 6.07) is 0. The molecule has 0 spiro atoms. The van der Waals surface area contributed by atoms with Crippen LogP contribution >= 0.6 is 0 Å². The van der Waals surface area contributed by atoms with Crippen molar-refractivity contribution >= 4 is 17.9 Å². The van der Waals surface area contributed by atoms with Crippen molar-refractivity contribution in [3.05, 3.63) is 85.1 Å². The highest BCUT2D eigenvalue weighted by atomic mass is 16.6. The van der Waals surface area contributed by atoms with Crippen LogP contribution in [0.2, 0.25) is 0 Å². The van der Waals surface area contributed by atoms with Crippen molar-refractivity contribution in [2.75, 3.05) is 13.2 Å².